The Morgan fingerprint density at radius 2 is 1.75 bits per heavy atom. The molecule has 0 spiro atoms. The summed E-state index contributed by atoms with van der Waals surface area (Å²) in [5.41, 5.74) is 0. The minimum Gasteiger partial charge on any atom is -0.394 e. The predicted octanol–water partition coefficient (Wildman–Crippen LogP) is -3.22. The molecular formula is C6H12O6. The van der Waals surface area contributed by atoms with Crippen LogP contribution >= 0.6 is 0 Å². The maximum absolute atomic E-state index is 9.12. The first-order valence-corrected chi connectivity index (χ1v) is 3.56. The van der Waals surface area contributed by atoms with Crippen LogP contribution in [0.25, 0.3) is 0 Å². The maximum atomic E-state index is 9.12. The van der Waals surface area contributed by atoms with Gasteiger partial charge in [0.2, 0.25) is 0 Å². The molecule has 6 heteroatoms. The third-order valence-corrected chi connectivity index (χ3v) is 1.84. The van der Waals surface area contributed by atoms with E-state index >= 15 is 0 Å². The van der Waals surface area contributed by atoms with Gasteiger partial charge in [0.1, 0.15) is 24.4 Å². The second-order valence-corrected chi connectivity index (χ2v) is 2.72. The van der Waals surface area contributed by atoms with Crippen molar-refractivity contribution in [1.82, 2.24) is 0 Å². The summed E-state index contributed by atoms with van der Waals surface area (Å²) in [7, 11) is 0. The number of aliphatic hydroxyl groups excluding tert-OH is 5. The van der Waals surface area contributed by atoms with Gasteiger partial charge in [-0.3, -0.25) is 0 Å². The van der Waals surface area contributed by atoms with E-state index in [0.29, 0.717) is 0 Å². The largest absolute Gasteiger partial charge is 0.394 e. The van der Waals surface area contributed by atoms with Crippen LogP contribution in [-0.4, -0.2) is 62.8 Å². The van der Waals surface area contributed by atoms with Crippen LogP contribution in [0.15, 0.2) is 0 Å². The lowest BCUT2D eigenvalue weighted by molar-refractivity contribution is -0.150. The van der Waals surface area contributed by atoms with Gasteiger partial charge in [-0.25, -0.2) is 0 Å². The Bertz CT molecular complexity index is 151. The lowest BCUT2D eigenvalue weighted by Gasteiger charge is -2.18. The lowest BCUT2D eigenvalue weighted by Crippen LogP contribution is -2.40. The molecule has 0 aliphatic carbocycles. The molecule has 6 nitrogen and oxygen atoms in total. The van der Waals surface area contributed by atoms with Crippen LogP contribution in [0.3, 0.4) is 0 Å². The SMILES string of the molecule is OC[C@@H](O)[C@H]1O[C@H](O)[C@H](O)[C@@H]1O. The molecule has 5 atom stereocenters. The summed E-state index contributed by atoms with van der Waals surface area (Å²) in [5.74, 6) is 0. The molecule has 1 aliphatic rings. The topological polar surface area (TPSA) is 110 Å². The predicted molar refractivity (Wildman–Crippen MR) is 36.0 cm³/mol. The molecule has 0 aromatic carbocycles. The number of hydrogen-bond acceptors (Lipinski definition) is 6. The quantitative estimate of drug-likeness (QED) is 0.306. The first-order valence-electron chi connectivity index (χ1n) is 3.56. The van der Waals surface area contributed by atoms with E-state index < -0.39 is 37.3 Å². The number of ether oxygens (including phenoxy) is 1. The van der Waals surface area contributed by atoms with Gasteiger partial charge in [-0.2, -0.15) is 0 Å². The van der Waals surface area contributed by atoms with Gasteiger partial charge >= 0.3 is 0 Å². The maximum Gasteiger partial charge on any atom is 0.184 e. The van der Waals surface area contributed by atoms with Gasteiger partial charge in [-0.05, 0) is 0 Å². The van der Waals surface area contributed by atoms with E-state index in [1.165, 1.54) is 0 Å². The van der Waals surface area contributed by atoms with Crippen LogP contribution in [-0.2, 0) is 4.74 Å². The van der Waals surface area contributed by atoms with E-state index in [2.05, 4.69) is 4.74 Å². The third kappa shape index (κ3) is 1.58. The summed E-state index contributed by atoms with van der Waals surface area (Å²) >= 11 is 0. The smallest absolute Gasteiger partial charge is 0.184 e. The monoisotopic (exact) mass is 180 g/mol. The fourth-order valence-electron chi connectivity index (χ4n) is 1.11. The van der Waals surface area contributed by atoms with E-state index in [9.17, 15) is 0 Å². The van der Waals surface area contributed by atoms with Crippen LogP contribution < -0.4 is 0 Å². The number of rotatable bonds is 2. The van der Waals surface area contributed by atoms with Gasteiger partial charge in [0, 0.05) is 0 Å². The molecule has 0 bridgehead atoms. The zero-order chi connectivity index (χ0) is 9.30. The Balaban J connectivity index is 2.58. The van der Waals surface area contributed by atoms with E-state index in [-0.39, 0.29) is 0 Å². The molecule has 1 saturated heterocycles. The summed E-state index contributed by atoms with van der Waals surface area (Å²) in [6, 6.07) is 0. The van der Waals surface area contributed by atoms with Crippen molar-refractivity contribution in [2.75, 3.05) is 6.61 Å². The molecule has 5 N–H and O–H groups in total. The van der Waals surface area contributed by atoms with Crippen LogP contribution in [0, 0.1) is 0 Å². The molecule has 0 radical (unpaired) electrons. The second kappa shape index (κ2) is 3.65. The minimum atomic E-state index is -1.51. The van der Waals surface area contributed by atoms with E-state index in [4.69, 9.17) is 25.5 Å². The standard InChI is InChI=1S/C6H12O6/c7-1-2(8)5-3(9)4(10)6(11)12-5/h2-11H,1H2/t2-,3+,4-,5-,6+/m1/s1. The lowest BCUT2D eigenvalue weighted by atomic mass is 10.1. The van der Waals surface area contributed by atoms with Crippen molar-refractivity contribution in [1.29, 1.82) is 0 Å². The van der Waals surface area contributed by atoms with Gasteiger partial charge in [0.05, 0.1) is 6.61 Å². The number of aliphatic hydroxyl groups is 5. The molecule has 0 aromatic heterocycles. The number of hydrogen-bond donors (Lipinski definition) is 5. The van der Waals surface area contributed by atoms with Crippen molar-refractivity contribution in [3.05, 3.63) is 0 Å². The Kier molecular flexibility index (Phi) is 2.99. The van der Waals surface area contributed by atoms with Crippen LogP contribution in [0.5, 0.6) is 0 Å². The van der Waals surface area contributed by atoms with Gasteiger partial charge in [-0.1, -0.05) is 0 Å². The van der Waals surface area contributed by atoms with E-state index in [1.54, 1.807) is 0 Å². The molecule has 1 heterocycles. The summed E-state index contributed by atoms with van der Waals surface area (Å²) in [6.07, 6.45) is -6.75. The Hall–Kier alpha value is -0.240. The van der Waals surface area contributed by atoms with Gasteiger partial charge in [-0.15, -0.1) is 0 Å². The van der Waals surface area contributed by atoms with Crippen LogP contribution in [0.4, 0.5) is 0 Å². The molecule has 12 heavy (non-hydrogen) atoms. The Morgan fingerprint density at radius 1 is 1.17 bits per heavy atom. The van der Waals surface area contributed by atoms with Crippen molar-refractivity contribution in [2.45, 2.75) is 30.7 Å². The molecule has 1 fully saturated rings. The highest BCUT2D eigenvalue weighted by molar-refractivity contribution is 4.89. The fraction of sp³-hybridized carbons (Fsp3) is 1.00. The third-order valence-electron chi connectivity index (χ3n) is 1.84. The Labute approximate surface area is 68.6 Å². The van der Waals surface area contributed by atoms with E-state index in [1.807, 2.05) is 0 Å². The van der Waals surface area contributed by atoms with Crippen molar-refractivity contribution >= 4 is 0 Å². The van der Waals surface area contributed by atoms with Gasteiger partial charge in [0.15, 0.2) is 6.29 Å². The highest BCUT2D eigenvalue weighted by Crippen LogP contribution is 2.21. The minimum absolute atomic E-state index is 0.596. The zero-order valence-corrected chi connectivity index (χ0v) is 6.24. The average molecular weight is 180 g/mol. The molecule has 1 rings (SSSR count). The summed E-state index contributed by atoms with van der Waals surface area (Å²) in [4.78, 5) is 0. The second-order valence-electron chi connectivity index (χ2n) is 2.72. The molecule has 0 saturated carbocycles. The van der Waals surface area contributed by atoms with Crippen LogP contribution in [0.1, 0.15) is 0 Å². The normalized spacial score (nSPS) is 44.8. The zero-order valence-electron chi connectivity index (χ0n) is 6.24. The molecule has 0 amide bonds. The average Bonchev–Trinajstić information content (AvgIpc) is 2.32. The van der Waals surface area contributed by atoms with Gasteiger partial charge < -0.3 is 30.3 Å². The summed E-state index contributed by atoms with van der Waals surface area (Å²) in [5, 5.41) is 44.4. The molecular weight excluding hydrogens is 168 g/mol. The summed E-state index contributed by atoms with van der Waals surface area (Å²) < 4.78 is 4.58. The van der Waals surface area contributed by atoms with Crippen molar-refractivity contribution < 1.29 is 30.3 Å². The first kappa shape index (κ1) is 9.85. The van der Waals surface area contributed by atoms with Crippen molar-refractivity contribution in [3.8, 4) is 0 Å². The van der Waals surface area contributed by atoms with E-state index in [0.717, 1.165) is 0 Å². The van der Waals surface area contributed by atoms with Gasteiger partial charge in [0.25, 0.3) is 0 Å². The Morgan fingerprint density at radius 3 is 2.08 bits per heavy atom. The molecule has 72 valence electrons. The highest BCUT2D eigenvalue weighted by atomic mass is 16.6. The summed E-state index contributed by atoms with van der Waals surface area (Å²) in [6.45, 7) is -0.596. The highest BCUT2D eigenvalue weighted by Gasteiger charge is 2.44. The van der Waals surface area contributed by atoms with Crippen molar-refractivity contribution in [3.63, 3.8) is 0 Å². The first-order chi connectivity index (χ1) is 5.57. The fourth-order valence-corrected chi connectivity index (χ4v) is 1.11. The molecule has 0 unspecified atom stereocenters. The molecule has 1 aliphatic heterocycles. The van der Waals surface area contributed by atoms with Crippen molar-refractivity contribution in [2.24, 2.45) is 0 Å². The van der Waals surface area contributed by atoms with Crippen LogP contribution in [0.2, 0.25) is 0 Å². The molecule has 0 aromatic rings.